The largest absolute Gasteiger partial charge is 0.473 e. The molecule has 0 radical (unpaired) electrons. The number of carbonyl (C=O) groups is 1. The first-order valence-electron chi connectivity index (χ1n) is 5.21. The van der Waals surface area contributed by atoms with E-state index in [9.17, 15) is 4.79 Å². The van der Waals surface area contributed by atoms with Gasteiger partial charge in [0.2, 0.25) is 0 Å². The summed E-state index contributed by atoms with van der Waals surface area (Å²) >= 11 is 0. The molecule has 15 heavy (non-hydrogen) atoms. The van der Waals surface area contributed by atoms with Crippen molar-refractivity contribution in [2.24, 2.45) is 0 Å². The highest BCUT2D eigenvalue weighted by Crippen LogP contribution is 2.23. The van der Waals surface area contributed by atoms with Gasteiger partial charge >= 0.3 is 0 Å². The number of benzene rings is 1. The molecule has 0 saturated carbocycles. The monoisotopic (exact) mass is 205 g/mol. The molecule has 0 aliphatic carbocycles. The van der Waals surface area contributed by atoms with Crippen LogP contribution in [-0.4, -0.2) is 18.6 Å². The fourth-order valence-corrected chi connectivity index (χ4v) is 1.83. The van der Waals surface area contributed by atoms with Gasteiger partial charge in [0, 0.05) is 12.0 Å². The summed E-state index contributed by atoms with van der Waals surface area (Å²) in [6, 6.07) is 7.19. The van der Waals surface area contributed by atoms with E-state index in [-0.39, 0.29) is 5.72 Å². The predicted octanol–water partition coefficient (Wildman–Crippen LogP) is 1.98. The molecule has 0 spiro atoms. The Hall–Kier alpha value is -1.35. The zero-order chi connectivity index (χ0) is 10.7. The minimum Gasteiger partial charge on any atom is -0.473 e. The lowest BCUT2D eigenvalue weighted by atomic mass is 10.2. The van der Waals surface area contributed by atoms with Gasteiger partial charge in [0.1, 0.15) is 12.0 Å². The van der Waals surface area contributed by atoms with Crippen molar-refractivity contribution in [1.29, 1.82) is 0 Å². The summed E-state index contributed by atoms with van der Waals surface area (Å²) in [5.41, 5.74) is 0.426. The average molecular weight is 205 g/mol. The Morgan fingerprint density at radius 3 is 2.67 bits per heavy atom. The van der Waals surface area contributed by atoms with Crippen LogP contribution in [0.25, 0.3) is 0 Å². The summed E-state index contributed by atoms with van der Waals surface area (Å²) < 4.78 is 5.84. The molecule has 1 atom stereocenters. The topological polar surface area (TPSA) is 38.3 Å². The van der Waals surface area contributed by atoms with Gasteiger partial charge in [-0.3, -0.25) is 10.1 Å². The maximum absolute atomic E-state index is 10.5. The maximum atomic E-state index is 10.5. The number of hydrogen-bond donors (Lipinski definition) is 1. The van der Waals surface area contributed by atoms with Crippen LogP contribution in [0.1, 0.15) is 30.1 Å². The standard InChI is InChI=1S/C12H15NO2/c1-12(7-2-8-13-12)15-11-5-3-10(9-14)4-6-11/h3-6,9,13H,2,7-8H2,1H3/t12-/m0/s1. The molecule has 1 saturated heterocycles. The Balaban J connectivity index is 2.07. The van der Waals surface area contributed by atoms with E-state index in [1.165, 1.54) is 0 Å². The first-order chi connectivity index (χ1) is 7.22. The van der Waals surface area contributed by atoms with Gasteiger partial charge in [0.05, 0.1) is 0 Å². The van der Waals surface area contributed by atoms with Gasteiger partial charge in [0.25, 0.3) is 0 Å². The molecule has 1 fully saturated rings. The van der Waals surface area contributed by atoms with E-state index in [4.69, 9.17) is 4.74 Å². The molecule has 2 rings (SSSR count). The van der Waals surface area contributed by atoms with Crippen LogP contribution in [0.3, 0.4) is 0 Å². The Kier molecular flexibility index (Phi) is 2.73. The molecule has 1 heterocycles. The minimum atomic E-state index is -0.247. The molecule has 1 aliphatic heterocycles. The van der Waals surface area contributed by atoms with E-state index < -0.39 is 0 Å². The number of nitrogens with one attached hydrogen (secondary N) is 1. The Labute approximate surface area is 89.4 Å². The Morgan fingerprint density at radius 2 is 2.13 bits per heavy atom. The molecule has 1 aromatic carbocycles. The average Bonchev–Trinajstić information content (AvgIpc) is 2.66. The molecule has 3 nitrogen and oxygen atoms in total. The molecule has 0 unspecified atom stereocenters. The second-order valence-electron chi connectivity index (χ2n) is 4.05. The third-order valence-corrected chi connectivity index (χ3v) is 2.69. The first-order valence-corrected chi connectivity index (χ1v) is 5.21. The van der Waals surface area contributed by atoms with E-state index >= 15 is 0 Å². The highest BCUT2D eigenvalue weighted by molar-refractivity contribution is 5.74. The van der Waals surface area contributed by atoms with Gasteiger partial charge in [-0.1, -0.05) is 0 Å². The first kappa shape index (κ1) is 10.2. The summed E-state index contributed by atoms with van der Waals surface area (Å²) in [5, 5.41) is 3.32. The number of hydrogen-bond acceptors (Lipinski definition) is 3. The number of rotatable bonds is 3. The van der Waals surface area contributed by atoms with Crippen LogP contribution in [0.5, 0.6) is 5.75 Å². The van der Waals surface area contributed by atoms with Crippen LogP contribution in [-0.2, 0) is 0 Å². The quantitative estimate of drug-likeness (QED) is 0.767. The summed E-state index contributed by atoms with van der Waals surface area (Å²) in [5.74, 6) is 0.803. The zero-order valence-electron chi connectivity index (χ0n) is 8.82. The lowest BCUT2D eigenvalue weighted by molar-refractivity contribution is 0.0733. The van der Waals surface area contributed by atoms with E-state index in [1.807, 2.05) is 19.1 Å². The summed E-state index contributed by atoms with van der Waals surface area (Å²) in [4.78, 5) is 10.5. The van der Waals surface area contributed by atoms with Crippen molar-refractivity contribution >= 4 is 6.29 Å². The fourth-order valence-electron chi connectivity index (χ4n) is 1.83. The van der Waals surface area contributed by atoms with E-state index in [0.717, 1.165) is 31.4 Å². The molecular weight excluding hydrogens is 190 g/mol. The van der Waals surface area contributed by atoms with E-state index in [0.29, 0.717) is 5.56 Å². The van der Waals surface area contributed by atoms with E-state index in [1.54, 1.807) is 12.1 Å². The predicted molar refractivity (Wildman–Crippen MR) is 58.1 cm³/mol. The van der Waals surface area contributed by atoms with Gasteiger partial charge in [-0.2, -0.15) is 0 Å². The fraction of sp³-hybridized carbons (Fsp3) is 0.417. The van der Waals surface area contributed by atoms with Crippen LogP contribution >= 0.6 is 0 Å². The second-order valence-corrected chi connectivity index (χ2v) is 4.05. The SMILES string of the molecule is C[C@]1(Oc2ccc(C=O)cc2)CCCN1. The lowest BCUT2D eigenvalue weighted by Crippen LogP contribution is -2.42. The molecule has 0 bridgehead atoms. The Morgan fingerprint density at radius 1 is 1.40 bits per heavy atom. The normalized spacial score (nSPS) is 25.1. The lowest BCUT2D eigenvalue weighted by Gasteiger charge is -2.26. The molecule has 1 aliphatic rings. The number of carbonyl (C=O) groups excluding carboxylic acids is 1. The van der Waals surface area contributed by atoms with Crippen molar-refractivity contribution in [2.75, 3.05) is 6.54 Å². The highest BCUT2D eigenvalue weighted by atomic mass is 16.5. The van der Waals surface area contributed by atoms with Crippen LogP contribution in [0.15, 0.2) is 24.3 Å². The van der Waals surface area contributed by atoms with Crippen LogP contribution in [0, 0.1) is 0 Å². The third-order valence-electron chi connectivity index (χ3n) is 2.69. The molecule has 80 valence electrons. The van der Waals surface area contributed by atoms with Crippen LogP contribution < -0.4 is 10.1 Å². The van der Waals surface area contributed by atoms with Gasteiger partial charge in [-0.25, -0.2) is 0 Å². The van der Waals surface area contributed by atoms with E-state index in [2.05, 4.69) is 5.32 Å². The van der Waals surface area contributed by atoms with Crippen LogP contribution in [0.2, 0.25) is 0 Å². The van der Waals surface area contributed by atoms with Crippen molar-refractivity contribution in [1.82, 2.24) is 5.32 Å². The molecule has 3 heteroatoms. The highest BCUT2D eigenvalue weighted by Gasteiger charge is 2.29. The smallest absolute Gasteiger partial charge is 0.158 e. The summed E-state index contributed by atoms with van der Waals surface area (Å²) in [6.45, 7) is 3.05. The zero-order valence-corrected chi connectivity index (χ0v) is 8.82. The van der Waals surface area contributed by atoms with Crippen LogP contribution in [0.4, 0.5) is 0 Å². The molecule has 0 amide bonds. The molecule has 1 N–H and O–H groups in total. The van der Waals surface area contributed by atoms with Crippen molar-refractivity contribution in [2.45, 2.75) is 25.5 Å². The molecular formula is C12H15NO2. The van der Waals surface area contributed by atoms with Crippen molar-refractivity contribution in [3.05, 3.63) is 29.8 Å². The van der Waals surface area contributed by atoms with Crippen molar-refractivity contribution in [3.63, 3.8) is 0 Å². The van der Waals surface area contributed by atoms with Crippen molar-refractivity contribution < 1.29 is 9.53 Å². The Bertz CT molecular complexity index is 339. The van der Waals surface area contributed by atoms with Crippen molar-refractivity contribution in [3.8, 4) is 5.75 Å². The third kappa shape index (κ3) is 2.36. The van der Waals surface area contributed by atoms with Gasteiger partial charge in [-0.15, -0.1) is 0 Å². The molecule has 1 aromatic rings. The maximum Gasteiger partial charge on any atom is 0.158 e. The number of aldehydes is 1. The van der Waals surface area contributed by atoms with Gasteiger partial charge in [0.15, 0.2) is 5.72 Å². The summed E-state index contributed by atoms with van der Waals surface area (Å²) in [6.07, 6.45) is 2.99. The van der Waals surface area contributed by atoms with Gasteiger partial charge in [-0.05, 0) is 44.2 Å². The molecule has 0 aromatic heterocycles. The number of ether oxygens (including phenoxy) is 1. The minimum absolute atomic E-state index is 0.247. The van der Waals surface area contributed by atoms with Gasteiger partial charge < -0.3 is 4.74 Å². The summed E-state index contributed by atoms with van der Waals surface area (Å²) in [7, 11) is 0. The second kappa shape index (κ2) is 4.03.